The van der Waals surface area contributed by atoms with Crippen LogP contribution in [0.4, 0.5) is 13.2 Å². The Kier molecular flexibility index (Phi) is 8.85. The maximum absolute atomic E-state index is 14.0. The lowest BCUT2D eigenvalue weighted by molar-refractivity contribution is -0.142. The van der Waals surface area contributed by atoms with Crippen LogP contribution in [0, 0.1) is 0 Å². The van der Waals surface area contributed by atoms with E-state index in [9.17, 15) is 27.6 Å². The first-order valence-electron chi connectivity index (χ1n) is 12.9. The van der Waals surface area contributed by atoms with E-state index in [0.29, 0.717) is 16.7 Å². The number of esters is 2. The molecular weight excluding hydrogens is 543 g/mol. The van der Waals surface area contributed by atoms with Gasteiger partial charge in [0.1, 0.15) is 11.3 Å². The number of carbonyl (C=O) groups excluding carboxylic acids is 2. The van der Waals surface area contributed by atoms with Crippen molar-refractivity contribution >= 4 is 22.9 Å². The first-order chi connectivity index (χ1) is 19.5. The highest BCUT2D eigenvalue weighted by molar-refractivity contribution is 6.00. The second-order valence-electron chi connectivity index (χ2n) is 9.20. The Morgan fingerprint density at radius 1 is 0.927 bits per heavy atom. The summed E-state index contributed by atoms with van der Waals surface area (Å²) >= 11 is 0. The third kappa shape index (κ3) is 6.45. The molecule has 4 rings (SSSR count). The Bertz CT molecular complexity index is 1590. The fourth-order valence-corrected chi connectivity index (χ4v) is 4.75. The van der Waals surface area contributed by atoms with E-state index in [-0.39, 0.29) is 54.3 Å². The van der Waals surface area contributed by atoms with E-state index >= 15 is 0 Å². The number of alkyl halides is 3. The van der Waals surface area contributed by atoms with Gasteiger partial charge in [0.2, 0.25) is 0 Å². The first-order valence-corrected chi connectivity index (χ1v) is 12.9. The van der Waals surface area contributed by atoms with E-state index in [2.05, 4.69) is 5.32 Å². The van der Waals surface area contributed by atoms with Gasteiger partial charge < -0.3 is 23.9 Å². The smallest absolute Gasteiger partial charge is 0.416 e. The number of allylic oxidation sites excluding steroid dienone is 2. The molecule has 2 aromatic carbocycles. The maximum atomic E-state index is 14.0. The minimum absolute atomic E-state index is 0.00956. The molecule has 0 aliphatic carbocycles. The van der Waals surface area contributed by atoms with Gasteiger partial charge in [0.25, 0.3) is 0 Å². The predicted octanol–water partition coefficient (Wildman–Crippen LogP) is 5.62. The molecule has 1 atom stereocenters. The molecule has 2 heterocycles. The lowest BCUT2D eigenvalue weighted by Gasteiger charge is -2.31. The summed E-state index contributed by atoms with van der Waals surface area (Å²) in [6.45, 7) is 4.56. The van der Waals surface area contributed by atoms with E-state index in [1.54, 1.807) is 31.2 Å². The number of dihydropyridines is 1. The molecule has 0 saturated carbocycles. The van der Waals surface area contributed by atoms with Crippen LogP contribution in [0.1, 0.15) is 44.2 Å². The lowest BCUT2D eigenvalue weighted by atomic mass is 9.78. The zero-order valence-corrected chi connectivity index (χ0v) is 22.6. The molecule has 0 spiro atoms. The van der Waals surface area contributed by atoms with Gasteiger partial charge in [0, 0.05) is 17.8 Å². The van der Waals surface area contributed by atoms with Gasteiger partial charge in [-0.3, -0.25) is 0 Å². The number of carbonyl (C=O) groups is 2. The normalized spacial score (nSPS) is 15.5. The summed E-state index contributed by atoms with van der Waals surface area (Å²) < 4.78 is 63.5. The van der Waals surface area contributed by atoms with Crippen molar-refractivity contribution in [1.82, 2.24) is 5.32 Å². The van der Waals surface area contributed by atoms with Gasteiger partial charge in [-0.2, -0.15) is 13.2 Å². The standard InChI is InChI=1S/C30H28F3NO7/c1-4-38-28(36)25-17(2)34-18(3)26(27(25)19-10-5-7-12-21(19)30(31,32)33)29(37)40-15-9-14-39-23-16-24(35)41-22-13-8-6-11-20(22)23/h5-8,10-13,16,27,34H,4,9,14-15H2,1-3H3. The average molecular weight is 572 g/mol. The lowest BCUT2D eigenvalue weighted by Crippen LogP contribution is -2.33. The topological polar surface area (TPSA) is 104 Å². The van der Waals surface area contributed by atoms with Crippen molar-refractivity contribution in [1.29, 1.82) is 0 Å². The van der Waals surface area contributed by atoms with E-state index in [1.807, 2.05) is 0 Å². The van der Waals surface area contributed by atoms with Gasteiger partial charge >= 0.3 is 23.7 Å². The van der Waals surface area contributed by atoms with Gasteiger partial charge in [-0.1, -0.05) is 30.3 Å². The predicted molar refractivity (Wildman–Crippen MR) is 143 cm³/mol. The van der Waals surface area contributed by atoms with Crippen molar-refractivity contribution in [2.24, 2.45) is 0 Å². The van der Waals surface area contributed by atoms with Gasteiger partial charge in [-0.05, 0) is 44.5 Å². The number of fused-ring (bicyclic) bond motifs is 1. The van der Waals surface area contributed by atoms with Crippen LogP contribution in [-0.2, 0) is 25.2 Å². The third-order valence-electron chi connectivity index (χ3n) is 6.44. The number of ether oxygens (including phenoxy) is 3. The Balaban J connectivity index is 1.56. The fourth-order valence-electron chi connectivity index (χ4n) is 4.75. The minimum Gasteiger partial charge on any atom is -0.492 e. The van der Waals surface area contributed by atoms with Crippen molar-refractivity contribution in [3.8, 4) is 5.75 Å². The zero-order chi connectivity index (χ0) is 29.7. The molecule has 1 aliphatic rings. The van der Waals surface area contributed by atoms with Crippen LogP contribution in [0.5, 0.6) is 5.75 Å². The molecule has 8 nitrogen and oxygen atoms in total. The Hall–Kier alpha value is -4.54. The summed E-state index contributed by atoms with van der Waals surface area (Å²) in [7, 11) is 0. The molecule has 0 amide bonds. The summed E-state index contributed by atoms with van der Waals surface area (Å²) in [5.74, 6) is -2.81. The van der Waals surface area contributed by atoms with E-state index in [1.165, 1.54) is 38.1 Å². The molecule has 41 heavy (non-hydrogen) atoms. The number of nitrogens with one attached hydrogen (secondary N) is 1. The largest absolute Gasteiger partial charge is 0.492 e. The summed E-state index contributed by atoms with van der Waals surface area (Å²) in [5.41, 5.74) is -1.19. The number of rotatable bonds is 9. The summed E-state index contributed by atoms with van der Waals surface area (Å²) in [4.78, 5) is 38.2. The Labute approximate surface area is 233 Å². The second kappa shape index (κ2) is 12.3. The van der Waals surface area contributed by atoms with Crippen molar-refractivity contribution in [3.63, 3.8) is 0 Å². The monoisotopic (exact) mass is 571 g/mol. The molecule has 1 aliphatic heterocycles. The highest BCUT2D eigenvalue weighted by Crippen LogP contribution is 2.44. The highest BCUT2D eigenvalue weighted by atomic mass is 19.4. The van der Waals surface area contributed by atoms with E-state index < -0.39 is 35.2 Å². The Morgan fingerprint density at radius 3 is 2.24 bits per heavy atom. The summed E-state index contributed by atoms with van der Waals surface area (Å²) in [6, 6.07) is 12.8. The maximum Gasteiger partial charge on any atom is 0.416 e. The molecule has 0 fully saturated rings. The number of halogens is 3. The minimum atomic E-state index is -4.74. The number of para-hydroxylation sites is 1. The van der Waals surface area contributed by atoms with Crippen LogP contribution < -0.4 is 15.7 Å². The molecule has 11 heteroatoms. The van der Waals surface area contributed by atoms with Crippen LogP contribution in [0.2, 0.25) is 0 Å². The van der Waals surface area contributed by atoms with Gasteiger partial charge in [-0.25, -0.2) is 14.4 Å². The summed E-state index contributed by atoms with van der Waals surface area (Å²) in [5, 5.41) is 3.51. The van der Waals surface area contributed by atoms with Crippen LogP contribution in [0.3, 0.4) is 0 Å². The summed E-state index contributed by atoms with van der Waals surface area (Å²) in [6.07, 6.45) is -4.53. The molecule has 3 aromatic rings. The third-order valence-corrected chi connectivity index (χ3v) is 6.44. The van der Waals surface area contributed by atoms with Crippen LogP contribution in [0.25, 0.3) is 11.0 Å². The van der Waals surface area contributed by atoms with Crippen LogP contribution in [0.15, 0.2) is 86.3 Å². The number of benzene rings is 2. The molecule has 0 bridgehead atoms. The average Bonchev–Trinajstić information content (AvgIpc) is 2.91. The molecular formula is C30H28F3NO7. The number of hydrogen-bond donors (Lipinski definition) is 1. The van der Waals surface area contributed by atoms with Crippen molar-refractivity contribution in [2.75, 3.05) is 19.8 Å². The fraction of sp³-hybridized carbons (Fsp3) is 0.300. The Morgan fingerprint density at radius 2 is 1.56 bits per heavy atom. The molecule has 1 aromatic heterocycles. The van der Waals surface area contributed by atoms with Crippen molar-refractivity contribution in [2.45, 2.75) is 39.3 Å². The molecule has 216 valence electrons. The van der Waals surface area contributed by atoms with Crippen LogP contribution in [-0.4, -0.2) is 31.8 Å². The van der Waals surface area contributed by atoms with Gasteiger partial charge in [0.05, 0.1) is 53.9 Å². The molecule has 0 saturated heterocycles. The zero-order valence-electron chi connectivity index (χ0n) is 22.6. The molecule has 1 N–H and O–H groups in total. The highest BCUT2D eigenvalue weighted by Gasteiger charge is 2.43. The SMILES string of the molecule is CCOC(=O)C1=C(C)NC(C)=C(C(=O)OCCCOc2cc(=O)oc3ccccc23)C1c1ccccc1C(F)(F)F. The second-order valence-corrected chi connectivity index (χ2v) is 9.20. The van der Waals surface area contributed by atoms with Gasteiger partial charge in [0.15, 0.2) is 0 Å². The van der Waals surface area contributed by atoms with Gasteiger partial charge in [-0.15, -0.1) is 0 Å². The quantitative estimate of drug-likeness (QED) is 0.201. The van der Waals surface area contributed by atoms with Crippen molar-refractivity contribution in [3.05, 3.63) is 98.7 Å². The number of hydrogen-bond acceptors (Lipinski definition) is 8. The van der Waals surface area contributed by atoms with E-state index in [4.69, 9.17) is 18.6 Å². The van der Waals surface area contributed by atoms with Crippen LogP contribution >= 0.6 is 0 Å². The van der Waals surface area contributed by atoms with E-state index in [0.717, 1.165) is 6.07 Å². The molecule has 1 unspecified atom stereocenters. The first kappa shape index (κ1) is 29.4. The molecule has 0 radical (unpaired) electrons. The van der Waals surface area contributed by atoms with Crippen molar-refractivity contribution < 1.29 is 41.4 Å².